The molecule has 0 bridgehead atoms. The van der Waals surface area contributed by atoms with Crippen LogP contribution < -0.4 is 15.4 Å². The quantitative estimate of drug-likeness (QED) is 0.274. The van der Waals surface area contributed by atoms with Crippen molar-refractivity contribution in [2.75, 3.05) is 50.1 Å². The summed E-state index contributed by atoms with van der Waals surface area (Å²) in [6.45, 7) is 9.10. The second-order valence-electron chi connectivity index (χ2n) is 9.25. The standard InChI is InChI=1S/C29H32FN5O2/c1-20-6-3-4-7-25(20)31-28-24-19-23(37-15-5-12-35-13-16-36-17-14-35)9-11-27(24)33-29(34-28)32-26-10-8-22(30)18-21(26)2/h3-4,6-11,18-19H,5,12-17H2,1-2H3,(H2,31,32,33,34). The molecule has 0 saturated carbocycles. The number of morpholine rings is 1. The van der Waals surface area contributed by atoms with E-state index in [-0.39, 0.29) is 5.82 Å². The lowest BCUT2D eigenvalue weighted by Crippen LogP contribution is -2.37. The zero-order valence-electron chi connectivity index (χ0n) is 21.3. The average molecular weight is 502 g/mol. The number of halogens is 1. The molecule has 0 spiro atoms. The Hall–Kier alpha value is -3.75. The van der Waals surface area contributed by atoms with Crippen LogP contribution in [0.3, 0.4) is 0 Å². The summed E-state index contributed by atoms with van der Waals surface area (Å²) in [6, 6.07) is 18.5. The van der Waals surface area contributed by atoms with Crippen LogP contribution in [-0.2, 0) is 4.74 Å². The molecular weight excluding hydrogens is 469 g/mol. The number of ether oxygens (including phenoxy) is 2. The lowest BCUT2D eigenvalue weighted by Gasteiger charge is -2.26. The molecule has 1 aliphatic rings. The molecule has 192 valence electrons. The third-order valence-electron chi connectivity index (χ3n) is 6.49. The maximum Gasteiger partial charge on any atom is 0.229 e. The number of anilines is 4. The summed E-state index contributed by atoms with van der Waals surface area (Å²) >= 11 is 0. The van der Waals surface area contributed by atoms with Gasteiger partial charge in [-0.25, -0.2) is 9.37 Å². The van der Waals surface area contributed by atoms with Gasteiger partial charge in [-0.3, -0.25) is 4.90 Å². The highest BCUT2D eigenvalue weighted by molar-refractivity contribution is 5.93. The molecule has 2 heterocycles. The first-order chi connectivity index (χ1) is 18.0. The highest BCUT2D eigenvalue weighted by Gasteiger charge is 2.13. The van der Waals surface area contributed by atoms with Gasteiger partial charge in [0, 0.05) is 36.4 Å². The van der Waals surface area contributed by atoms with Gasteiger partial charge in [0.2, 0.25) is 5.95 Å². The second-order valence-corrected chi connectivity index (χ2v) is 9.25. The smallest absolute Gasteiger partial charge is 0.229 e. The zero-order valence-corrected chi connectivity index (χ0v) is 21.3. The van der Waals surface area contributed by atoms with Crippen molar-refractivity contribution >= 4 is 34.0 Å². The molecule has 8 heteroatoms. The minimum Gasteiger partial charge on any atom is -0.494 e. The predicted octanol–water partition coefficient (Wildman–Crippen LogP) is 5.97. The van der Waals surface area contributed by atoms with E-state index in [4.69, 9.17) is 19.4 Å². The molecule has 3 aromatic carbocycles. The van der Waals surface area contributed by atoms with Crippen LogP contribution in [0, 0.1) is 19.7 Å². The van der Waals surface area contributed by atoms with Gasteiger partial charge in [0.15, 0.2) is 0 Å². The number of benzene rings is 3. The van der Waals surface area contributed by atoms with Crippen LogP contribution in [0.1, 0.15) is 17.5 Å². The van der Waals surface area contributed by atoms with Gasteiger partial charge in [0.05, 0.1) is 25.3 Å². The molecule has 0 atom stereocenters. The van der Waals surface area contributed by atoms with Gasteiger partial charge < -0.3 is 20.1 Å². The third-order valence-corrected chi connectivity index (χ3v) is 6.49. The average Bonchev–Trinajstić information content (AvgIpc) is 2.90. The number of hydrogen-bond donors (Lipinski definition) is 2. The number of hydrogen-bond acceptors (Lipinski definition) is 7. The van der Waals surface area contributed by atoms with E-state index in [0.717, 1.165) is 78.4 Å². The molecule has 0 amide bonds. The van der Waals surface area contributed by atoms with Gasteiger partial charge in [0.1, 0.15) is 17.4 Å². The number of nitrogens with zero attached hydrogens (tertiary/aromatic N) is 3. The molecule has 1 fully saturated rings. The fourth-order valence-corrected chi connectivity index (χ4v) is 4.38. The Labute approximate surface area is 216 Å². The van der Waals surface area contributed by atoms with Crippen LogP contribution in [0.15, 0.2) is 60.7 Å². The van der Waals surface area contributed by atoms with Crippen LogP contribution in [0.5, 0.6) is 5.75 Å². The monoisotopic (exact) mass is 501 g/mol. The Morgan fingerprint density at radius 3 is 2.54 bits per heavy atom. The fourth-order valence-electron chi connectivity index (χ4n) is 4.38. The number of aryl methyl sites for hydroxylation is 2. The van der Waals surface area contributed by atoms with Crippen molar-refractivity contribution < 1.29 is 13.9 Å². The Bertz CT molecular complexity index is 1370. The first-order valence-electron chi connectivity index (χ1n) is 12.7. The summed E-state index contributed by atoms with van der Waals surface area (Å²) in [6.07, 6.45) is 0.947. The predicted molar refractivity (Wildman–Crippen MR) is 146 cm³/mol. The molecule has 1 aliphatic heterocycles. The lowest BCUT2D eigenvalue weighted by molar-refractivity contribution is 0.0358. The number of rotatable bonds is 9. The number of aromatic nitrogens is 2. The molecule has 2 N–H and O–H groups in total. The van der Waals surface area contributed by atoms with E-state index in [1.165, 1.54) is 12.1 Å². The molecule has 1 saturated heterocycles. The second kappa shape index (κ2) is 11.5. The molecule has 0 aliphatic carbocycles. The summed E-state index contributed by atoms with van der Waals surface area (Å²) in [5.74, 6) is 1.60. The summed E-state index contributed by atoms with van der Waals surface area (Å²) in [5, 5.41) is 7.58. The van der Waals surface area contributed by atoms with E-state index in [1.807, 2.05) is 43.3 Å². The fraction of sp³-hybridized carbons (Fsp3) is 0.310. The molecule has 7 nitrogen and oxygen atoms in total. The molecule has 37 heavy (non-hydrogen) atoms. The zero-order chi connectivity index (χ0) is 25.6. The number of nitrogens with one attached hydrogen (secondary N) is 2. The van der Waals surface area contributed by atoms with Crippen LogP contribution in [-0.4, -0.2) is 54.3 Å². The normalized spacial score (nSPS) is 14.0. The van der Waals surface area contributed by atoms with E-state index >= 15 is 0 Å². The van der Waals surface area contributed by atoms with E-state index in [9.17, 15) is 4.39 Å². The maximum atomic E-state index is 13.6. The van der Waals surface area contributed by atoms with Crippen LogP contribution in [0.2, 0.25) is 0 Å². The van der Waals surface area contributed by atoms with Gasteiger partial charge in [-0.1, -0.05) is 18.2 Å². The van der Waals surface area contributed by atoms with Gasteiger partial charge in [-0.05, 0) is 73.9 Å². The van der Waals surface area contributed by atoms with Crippen molar-refractivity contribution in [2.24, 2.45) is 0 Å². The molecule has 4 aromatic rings. The van der Waals surface area contributed by atoms with Crippen molar-refractivity contribution in [2.45, 2.75) is 20.3 Å². The molecule has 0 radical (unpaired) electrons. The topological polar surface area (TPSA) is 71.5 Å². The summed E-state index contributed by atoms with van der Waals surface area (Å²) < 4.78 is 25.1. The largest absolute Gasteiger partial charge is 0.494 e. The number of fused-ring (bicyclic) bond motifs is 1. The van der Waals surface area contributed by atoms with Gasteiger partial charge >= 0.3 is 0 Å². The van der Waals surface area contributed by atoms with Crippen molar-refractivity contribution in [3.05, 3.63) is 77.6 Å². The Morgan fingerprint density at radius 2 is 1.73 bits per heavy atom. The minimum atomic E-state index is -0.276. The van der Waals surface area contributed by atoms with Crippen molar-refractivity contribution in [1.82, 2.24) is 14.9 Å². The van der Waals surface area contributed by atoms with Gasteiger partial charge in [0.25, 0.3) is 0 Å². The maximum absolute atomic E-state index is 13.6. The first kappa shape index (κ1) is 24.9. The van der Waals surface area contributed by atoms with Crippen molar-refractivity contribution in [1.29, 1.82) is 0 Å². The lowest BCUT2D eigenvalue weighted by atomic mass is 10.1. The summed E-state index contributed by atoms with van der Waals surface area (Å²) in [5.41, 5.74) is 4.37. The van der Waals surface area contributed by atoms with Crippen molar-refractivity contribution in [3.8, 4) is 5.75 Å². The van der Waals surface area contributed by atoms with E-state index in [1.54, 1.807) is 6.07 Å². The Balaban J connectivity index is 1.39. The van der Waals surface area contributed by atoms with Crippen LogP contribution in [0.4, 0.5) is 27.5 Å². The SMILES string of the molecule is Cc1cc(F)ccc1Nc1nc(Nc2ccccc2C)c2cc(OCCCN3CCOCC3)ccc2n1. The van der Waals surface area contributed by atoms with Crippen molar-refractivity contribution in [3.63, 3.8) is 0 Å². The minimum absolute atomic E-state index is 0.276. The van der Waals surface area contributed by atoms with Crippen LogP contribution in [0.25, 0.3) is 10.9 Å². The van der Waals surface area contributed by atoms with E-state index < -0.39 is 0 Å². The van der Waals surface area contributed by atoms with E-state index in [0.29, 0.717) is 18.4 Å². The van der Waals surface area contributed by atoms with Crippen LogP contribution >= 0.6 is 0 Å². The summed E-state index contributed by atoms with van der Waals surface area (Å²) in [7, 11) is 0. The molecular formula is C29H32FN5O2. The summed E-state index contributed by atoms with van der Waals surface area (Å²) in [4.78, 5) is 11.9. The first-order valence-corrected chi connectivity index (χ1v) is 12.7. The Kier molecular flexibility index (Phi) is 7.77. The van der Waals surface area contributed by atoms with Gasteiger partial charge in [-0.15, -0.1) is 0 Å². The molecule has 5 rings (SSSR count). The molecule has 0 unspecified atom stereocenters. The highest BCUT2D eigenvalue weighted by atomic mass is 19.1. The third kappa shape index (κ3) is 6.34. The Morgan fingerprint density at radius 1 is 0.919 bits per heavy atom. The van der Waals surface area contributed by atoms with E-state index in [2.05, 4.69) is 28.5 Å². The van der Waals surface area contributed by atoms with Gasteiger partial charge in [-0.2, -0.15) is 4.98 Å². The molecule has 1 aromatic heterocycles. The number of para-hydroxylation sites is 1. The highest BCUT2D eigenvalue weighted by Crippen LogP contribution is 2.31.